The molecule has 98 valence electrons. The highest BCUT2D eigenvalue weighted by Gasteiger charge is 2.61. The van der Waals surface area contributed by atoms with E-state index in [0.29, 0.717) is 25.7 Å². The molecule has 1 saturated carbocycles. The Balaban J connectivity index is 2.40. The van der Waals surface area contributed by atoms with Gasteiger partial charge in [0.1, 0.15) is 5.41 Å². The molecule has 1 atom stereocenters. The quantitative estimate of drug-likeness (QED) is 0.722. The molecule has 0 spiro atoms. The summed E-state index contributed by atoms with van der Waals surface area (Å²) >= 11 is 0. The molecular formula is C11H18O5S. The predicted octanol–water partition coefficient (Wildman–Crippen LogP) is 0.269. The molecule has 0 aromatic carbocycles. The van der Waals surface area contributed by atoms with Crippen molar-refractivity contribution < 1.29 is 23.1 Å². The number of hydrogen-bond acceptors (Lipinski definition) is 5. The molecule has 1 saturated heterocycles. The summed E-state index contributed by atoms with van der Waals surface area (Å²) in [6.07, 6.45) is 2.61. The van der Waals surface area contributed by atoms with Gasteiger partial charge in [-0.1, -0.05) is 0 Å². The lowest BCUT2D eigenvalue weighted by Crippen LogP contribution is -2.62. The minimum Gasteiger partial charge on any atom is -0.468 e. The number of sulfone groups is 1. The first-order valence-corrected chi connectivity index (χ1v) is 7.69. The molecule has 1 aliphatic heterocycles. The topological polar surface area (TPSA) is 80.7 Å². The van der Waals surface area contributed by atoms with Gasteiger partial charge in [-0.25, -0.2) is 8.42 Å². The molecule has 0 aromatic heterocycles. The zero-order valence-electron chi connectivity index (χ0n) is 9.94. The lowest BCUT2D eigenvalue weighted by atomic mass is 9.60. The first-order valence-electron chi connectivity index (χ1n) is 5.87. The molecule has 0 aromatic rings. The summed E-state index contributed by atoms with van der Waals surface area (Å²) in [6, 6.07) is 0. The van der Waals surface area contributed by atoms with Gasteiger partial charge in [-0.05, 0) is 32.1 Å². The number of carbonyl (C=O) groups is 1. The number of esters is 1. The third-order valence-corrected chi connectivity index (χ3v) is 6.02. The van der Waals surface area contributed by atoms with E-state index in [1.807, 2.05) is 0 Å². The zero-order valence-corrected chi connectivity index (χ0v) is 10.8. The summed E-state index contributed by atoms with van der Waals surface area (Å²) in [4.78, 5) is 12.0. The summed E-state index contributed by atoms with van der Waals surface area (Å²) in [5.74, 6) is -0.756. The Hall–Kier alpha value is -0.620. The van der Waals surface area contributed by atoms with E-state index in [0.717, 1.165) is 6.42 Å². The van der Waals surface area contributed by atoms with Gasteiger partial charge in [-0.15, -0.1) is 0 Å². The number of ether oxygens (including phenoxy) is 1. The van der Waals surface area contributed by atoms with Crippen molar-refractivity contribution in [3.8, 4) is 0 Å². The highest BCUT2D eigenvalue weighted by atomic mass is 32.2. The number of hydrogen-bond donors (Lipinski definition) is 1. The Morgan fingerprint density at radius 2 is 1.88 bits per heavy atom. The zero-order chi connectivity index (χ0) is 12.7. The molecule has 0 bridgehead atoms. The Morgan fingerprint density at radius 3 is 2.29 bits per heavy atom. The van der Waals surface area contributed by atoms with Crippen molar-refractivity contribution in [1.29, 1.82) is 0 Å². The molecule has 2 rings (SSSR count). The summed E-state index contributed by atoms with van der Waals surface area (Å²) in [6.45, 7) is 0. The van der Waals surface area contributed by atoms with Crippen LogP contribution in [0.2, 0.25) is 0 Å². The first kappa shape index (κ1) is 12.8. The highest BCUT2D eigenvalue weighted by Crippen LogP contribution is 2.51. The minimum absolute atomic E-state index is 0.0990. The third kappa shape index (κ3) is 1.87. The normalized spacial score (nSPS) is 34.7. The molecule has 6 heteroatoms. The van der Waals surface area contributed by atoms with Gasteiger partial charge < -0.3 is 9.84 Å². The number of carbonyl (C=O) groups excluding carboxylic acids is 1. The maximum Gasteiger partial charge on any atom is 0.315 e. The van der Waals surface area contributed by atoms with E-state index in [2.05, 4.69) is 0 Å². The van der Waals surface area contributed by atoms with E-state index in [1.54, 1.807) is 0 Å². The molecule has 2 aliphatic rings. The van der Waals surface area contributed by atoms with Gasteiger partial charge in [0.25, 0.3) is 0 Å². The molecule has 1 aliphatic carbocycles. The molecule has 1 unspecified atom stereocenters. The van der Waals surface area contributed by atoms with Crippen molar-refractivity contribution in [2.24, 2.45) is 5.41 Å². The molecule has 1 heterocycles. The van der Waals surface area contributed by atoms with Crippen LogP contribution in [0.4, 0.5) is 0 Å². The predicted molar refractivity (Wildman–Crippen MR) is 61.1 cm³/mol. The molecule has 1 N–H and O–H groups in total. The van der Waals surface area contributed by atoms with Crippen LogP contribution in [-0.2, 0) is 19.4 Å². The van der Waals surface area contributed by atoms with E-state index >= 15 is 0 Å². The second kappa shape index (κ2) is 3.95. The van der Waals surface area contributed by atoms with Crippen LogP contribution in [-0.4, -0.2) is 43.7 Å². The monoisotopic (exact) mass is 262 g/mol. The fraction of sp³-hybridized carbons (Fsp3) is 0.909. The van der Waals surface area contributed by atoms with Crippen LogP contribution in [0.25, 0.3) is 0 Å². The average Bonchev–Trinajstić information content (AvgIpc) is 2.23. The Kier molecular flexibility index (Phi) is 2.98. The number of aliphatic hydroxyl groups is 1. The van der Waals surface area contributed by atoms with Crippen LogP contribution < -0.4 is 0 Å². The van der Waals surface area contributed by atoms with Crippen LogP contribution in [0.1, 0.15) is 32.1 Å². The summed E-state index contributed by atoms with van der Waals surface area (Å²) in [5.41, 5.74) is -2.43. The van der Waals surface area contributed by atoms with Gasteiger partial charge in [-0.3, -0.25) is 4.79 Å². The van der Waals surface area contributed by atoms with Gasteiger partial charge in [0.15, 0.2) is 9.84 Å². The van der Waals surface area contributed by atoms with Crippen molar-refractivity contribution in [1.82, 2.24) is 0 Å². The maximum atomic E-state index is 12.0. The molecule has 2 fully saturated rings. The molecule has 17 heavy (non-hydrogen) atoms. The van der Waals surface area contributed by atoms with Crippen molar-refractivity contribution in [2.45, 2.75) is 37.7 Å². The van der Waals surface area contributed by atoms with Crippen molar-refractivity contribution in [3.63, 3.8) is 0 Å². The number of methoxy groups -OCH3 is 1. The second-order valence-corrected chi connectivity index (χ2v) is 7.34. The third-order valence-electron chi connectivity index (χ3n) is 4.17. The van der Waals surface area contributed by atoms with Crippen molar-refractivity contribution in [3.05, 3.63) is 0 Å². The maximum absolute atomic E-state index is 12.0. The SMILES string of the molecule is COC(=O)C1(C2(O)CCC2)CCCS(=O)(=O)C1. The Bertz CT molecular complexity index is 423. The lowest BCUT2D eigenvalue weighted by Gasteiger charge is -2.51. The average molecular weight is 262 g/mol. The van der Waals surface area contributed by atoms with E-state index in [1.165, 1.54) is 7.11 Å². The smallest absolute Gasteiger partial charge is 0.315 e. The standard InChI is InChI=1S/C11H18O5S/c1-16-9(12)10(11(13)5-2-6-11)4-3-7-17(14,15)8-10/h13H,2-8H2,1H3. The van der Waals surface area contributed by atoms with E-state index in [4.69, 9.17) is 4.74 Å². The van der Waals surface area contributed by atoms with Crippen LogP contribution in [0, 0.1) is 5.41 Å². The minimum atomic E-state index is -3.27. The van der Waals surface area contributed by atoms with Gasteiger partial charge >= 0.3 is 5.97 Å². The molecule has 5 nitrogen and oxygen atoms in total. The first-order chi connectivity index (χ1) is 7.85. The Labute approximate surface area is 101 Å². The second-order valence-electron chi connectivity index (χ2n) is 5.15. The molecule has 0 amide bonds. The summed E-state index contributed by atoms with van der Waals surface area (Å²) in [5, 5.41) is 10.5. The molecular weight excluding hydrogens is 244 g/mol. The Morgan fingerprint density at radius 1 is 1.24 bits per heavy atom. The van der Waals surface area contributed by atoms with E-state index in [-0.39, 0.29) is 11.5 Å². The van der Waals surface area contributed by atoms with E-state index in [9.17, 15) is 18.3 Å². The van der Waals surface area contributed by atoms with E-state index < -0.39 is 26.8 Å². The van der Waals surface area contributed by atoms with Crippen molar-refractivity contribution >= 4 is 15.8 Å². The van der Waals surface area contributed by atoms with Gasteiger partial charge in [0, 0.05) is 0 Å². The lowest BCUT2D eigenvalue weighted by molar-refractivity contribution is -0.185. The van der Waals surface area contributed by atoms with Crippen molar-refractivity contribution in [2.75, 3.05) is 18.6 Å². The fourth-order valence-corrected chi connectivity index (χ4v) is 5.03. The van der Waals surface area contributed by atoms with Crippen LogP contribution in [0.5, 0.6) is 0 Å². The van der Waals surface area contributed by atoms with Gasteiger partial charge in [0.2, 0.25) is 0 Å². The fourth-order valence-electron chi connectivity index (χ4n) is 3.02. The highest BCUT2D eigenvalue weighted by molar-refractivity contribution is 7.91. The van der Waals surface area contributed by atoms with Crippen LogP contribution >= 0.6 is 0 Å². The number of rotatable bonds is 2. The molecule has 0 radical (unpaired) electrons. The van der Waals surface area contributed by atoms with Crippen LogP contribution in [0.15, 0.2) is 0 Å². The van der Waals surface area contributed by atoms with Crippen LogP contribution in [0.3, 0.4) is 0 Å². The van der Waals surface area contributed by atoms with Gasteiger partial charge in [-0.2, -0.15) is 0 Å². The largest absolute Gasteiger partial charge is 0.468 e. The summed E-state index contributed by atoms with van der Waals surface area (Å²) < 4.78 is 28.3. The van der Waals surface area contributed by atoms with Gasteiger partial charge in [0.05, 0.1) is 24.2 Å². The summed E-state index contributed by atoms with van der Waals surface area (Å²) in [7, 11) is -2.02.